The molecule has 0 aliphatic carbocycles. The molecule has 0 spiro atoms. The standard InChI is InChI=1S/C13H26N2O/c1-12(15-8-10-16-11-9-15)5-6-13-4-3-7-14(13)2/h12-13H,3-11H2,1-2H3. The van der Waals surface area contributed by atoms with E-state index in [4.69, 9.17) is 4.74 Å². The molecule has 0 bridgehead atoms. The van der Waals surface area contributed by atoms with Gasteiger partial charge in [-0.25, -0.2) is 0 Å². The smallest absolute Gasteiger partial charge is 0.0594 e. The summed E-state index contributed by atoms with van der Waals surface area (Å²) in [7, 11) is 2.27. The van der Waals surface area contributed by atoms with Crippen LogP contribution in [0.1, 0.15) is 32.6 Å². The van der Waals surface area contributed by atoms with Gasteiger partial charge in [-0.05, 0) is 46.2 Å². The van der Waals surface area contributed by atoms with Gasteiger partial charge in [0.1, 0.15) is 0 Å². The van der Waals surface area contributed by atoms with Gasteiger partial charge < -0.3 is 9.64 Å². The van der Waals surface area contributed by atoms with Crippen LogP contribution in [-0.2, 0) is 4.74 Å². The lowest BCUT2D eigenvalue weighted by Gasteiger charge is -2.33. The Morgan fingerprint density at radius 1 is 1.25 bits per heavy atom. The van der Waals surface area contributed by atoms with Crippen molar-refractivity contribution in [2.75, 3.05) is 39.9 Å². The van der Waals surface area contributed by atoms with E-state index in [-0.39, 0.29) is 0 Å². The molecule has 2 atom stereocenters. The zero-order valence-corrected chi connectivity index (χ0v) is 10.8. The first-order chi connectivity index (χ1) is 7.77. The van der Waals surface area contributed by atoms with Gasteiger partial charge in [0.2, 0.25) is 0 Å². The second-order valence-corrected chi connectivity index (χ2v) is 5.35. The van der Waals surface area contributed by atoms with Crippen molar-refractivity contribution in [1.29, 1.82) is 0 Å². The Kier molecular flexibility index (Phi) is 4.62. The summed E-state index contributed by atoms with van der Waals surface area (Å²) >= 11 is 0. The van der Waals surface area contributed by atoms with Crippen LogP contribution in [0.5, 0.6) is 0 Å². The fourth-order valence-electron chi connectivity index (χ4n) is 2.98. The first kappa shape index (κ1) is 12.3. The summed E-state index contributed by atoms with van der Waals surface area (Å²) in [6.45, 7) is 7.78. The van der Waals surface area contributed by atoms with E-state index in [1.807, 2.05) is 0 Å². The normalized spacial score (nSPS) is 30.8. The van der Waals surface area contributed by atoms with E-state index >= 15 is 0 Å². The molecule has 2 saturated heterocycles. The average molecular weight is 226 g/mol. The lowest BCUT2D eigenvalue weighted by atomic mass is 10.0. The van der Waals surface area contributed by atoms with Crippen LogP contribution in [0.4, 0.5) is 0 Å². The molecule has 0 radical (unpaired) electrons. The van der Waals surface area contributed by atoms with Gasteiger partial charge in [-0.3, -0.25) is 4.90 Å². The molecule has 3 heteroatoms. The zero-order chi connectivity index (χ0) is 11.4. The predicted octanol–water partition coefficient (Wildman–Crippen LogP) is 1.58. The molecule has 0 aromatic heterocycles. The third-order valence-corrected chi connectivity index (χ3v) is 4.26. The van der Waals surface area contributed by atoms with Crippen molar-refractivity contribution in [3.05, 3.63) is 0 Å². The molecule has 2 aliphatic rings. The van der Waals surface area contributed by atoms with Gasteiger partial charge >= 0.3 is 0 Å². The topological polar surface area (TPSA) is 15.7 Å². The predicted molar refractivity (Wildman–Crippen MR) is 66.7 cm³/mol. The number of nitrogens with zero attached hydrogens (tertiary/aromatic N) is 2. The van der Waals surface area contributed by atoms with E-state index < -0.39 is 0 Å². The van der Waals surface area contributed by atoms with Crippen molar-refractivity contribution in [2.45, 2.75) is 44.7 Å². The highest BCUT2D eigenvalue weighted by Gasteiger charge is 2.23. The van der Waals surface area contributed by atoms with Gasteiger partial charge in [-0.1, -0.05) is 0 Å². The molecule has 2 unspecified atom stereocenters. The summed E-state index contributed by atoms with van der Waals surface area (Å²) in [5.41, 5.74) is 0. The molecule has 2 fully saturated rings. The van der Waals surface area contributed by atoms with Crippen LogP contribution in [0.15, 0.2) is 0 Å². The average Bonchev–Trinajstić information content (AvgIpc) is 2.73. The van der Waals surface area contributed by atoms with E-state index in [1.165, 1.54) is 32.2 Å². The summed E-state index contributed by atoms with van der Waals surface area (Å²) in [5.74, 6) is 0. The van der Waals surface area contributed by atoms with Gasteiger partial charge in [0.25, 0.3) is 0 Å². The number of morpholine rings is 1. The van der Waals surface area contributed by atoms with Crippen molar-refractivity contribution >= 4 is 0 Å². The largest absolute Gasteiger partial charge is 0.379 e. The molecule has 2 heterocycles. The minimum Gasteiger partial charge on any atom is -0.379 e. The van der Waals surface area contributed by atoms with Crippen LogP contribution < -0.4 is 0 Å². The first-order valence-corrected chi connectivity index (χ1v) is 6.79. The van der Waals surface area contributed by atoms with E-state index in [0.29, 0.717) is 0 Å². The summed E-state index contributed by atoms with van der Waals surface area (Å²) in [6, 6.07) is 1.58. The molecule has 16 heavy (non-hydrogen) atoms. The van der Waals surface area contributed by atoms with Gasteiger partial charge in [-0.15, -0.1) is 0 Å². The Balaban J connectivity index is 1.68. The third-order valence-electron chi connectivity index (χ3n) is 4.26. The molecule has 2 rings (SSSR count). The van der Waals surface area contributed by atoms with Crippen LogP contribution >= 0.6 is 0 Å². The summed E-state index contributed by atoms with van der Waals surface area (Å²) in [5, 5.41) is 0. The minimum absolute atomic E-state index is 0.734. The van der Waals surface area contributed by atoms with Gasteiger partial charge in [-0.2, -0.15) is 0 Å². The Hall–Kier alpha value is -0.120. The maximum atomic E-state index is 5.39. The van der Waals surface area contributed by atoms with Crippen LogP contribution in [0.3, 0.4) is 0 Å². The number of ether oxygens (including phenoxy) is 1. The monoisotopic (exact) mass is 226 g/mol. The van der Waals surface area contributed by atoms with Gasteiger partial charge in [0.15, 0.2) is 0 Å². The Morgan fingerprint density at radius 2 is 2.00 bits per heavy atom. The van der Waals surface area contributed by atoms with E-state index in [1.54, 1.807) is 0 Å². The fourth-order valence-corrected chi connectivity index (χ4v) is 2.98. The zero-order valence-electron chi connectivity index (χ0n) is 10.8. The highest BCUT2D eigenvalue weighted by Crippen LogP contribution is 2.21. The third kappa shape index (κ3) is 3.19. The molecule has 0 N–H and O–H groups in total. The van der Waals surface area contributed by atoms with E-state index in [9.17, 15) is 0 Å². The molecule has 94 valence electrons. The van der Waals surface area contributed by atoms with E-state index in [0.717, 1.165) is 38.4 Å². The Morgan fingerprint density at radius 3 is 2.62 bits per heavy atom. The van der Waals surface area contributed by atoms with E-state index in [2.05, 4.69) is 23.8 Å². The van der Waals surface area contributed by atoms with Gasteiger partial charge in [0.05, 0.1) is 13.2 Å². The van der Waals surface area contributed by atoms with Crippen molar-refractivity contribution in [3.63, 3.8) is 0 Å². The molecular weight excluding hydrogens is 200 g/mol. The second kappa shape index (κ2) is 5.99. The summed E-state index contributed by atoms with van der Waals surface area (Å²) in [6.07, 6.45) is 5.52. The maximum Gasteiger partial charge on any atom is 0.0594 e. The van der Waals surface area contributed by atoms with Crippen LogP contribution in [0, 0.1) is 0 Å². The quantitative estimate of drug-likeness (QED) is 0.724. The molecule has 3 nitrogen and oxygen atoms in total. The molecule has 0 amide bonds. The number of hydrogen-bond donors (Lipinski definition) is 0. The van der Waals surface area contributed by atoms with Crippen LogP contribution in [-0.4, -0.2) is 61.8 Å². The maximum absolute atomic E-state index is 5.39. The van der Waals surface area contributed by atoms with Crippen molar-refractivity contribution in [3.8, 4) is 0 Å². The Labute approximate surface area is 99.7 Å². The molecule has 2 aliphatic heterocycles. The minimum atomic E-state index is 0.734. The van der Waals surface area contributed by atoms with Crippen LogP contribution in [0.25, 0.3) is 0 Å². The Bertz CT molecular complexity index is 204. The summed E-state index contributed by atoms with van der Waals surface area (Å²) in [4.78, 5) is 5.12. The fraction of sp³-hybridized carbons (Fsp3) is 1.00. The lowest BCUT2D eigenvalue weighted by Crippen LogP contribution is -2.42. The SMILES string of the molecule is CC(CCC1CCCN1C)N1CCOCC1. The molecule has 0 saturated carbocycles. The van der Waals surface area contributed by atoms with Crippen molar-refractivity contribution in [1.82, 2.24) is 9.80 Å². The highest BCUT2D eigenvalue weighted by atomic mass is 16.5. The van der Waals surface area contributed by atoms with Gasteiger partial charge in [0, 0.05) is 25.2 Å². The first-order valence-electron chi connectivity index (χ1n) is 6.79. The lowest BCUT2D eigenvalue weighted by molar-refractivity contribution is 0.0172. The molecular formula is C13H26N2O. The number of hydrogen-bond acceptors (Lipinski definition) is 3. The molecule has 0 aromatic carbocycles. The number of rotatable bonds is 4. The summed E-state index contributed by atoms with van der Waals surface area (Å²) < 4.78 is 5.39. The van der Waals surface area contributed by atoms with Crippen LogP contribution in [0.2, 0.25) is 0 Å². The highest BCUT2D eigenvalue weighted by molar-refractivity contribution is 4.79. The number of likely N-dealkylation sites (tertiary alicyclic amines) is 1. The molecule has 0 aromatic rings. The van der Waals surface area contributed by atoms with Crippen molar-refractivity contribution in [2.24, 2.45) is 0 Å². The van der Waals surface area contributed by atoms with Crippen molar-refractivity contribution < 1.29 is 4.74 Å². The second-order valence-electron chi connectivity index (χ2n) is 5.35.